The molecule has 0 spiro atoms. The summed E-state index contributed by atoms with van der Waals surface area (Å²) in [6.07, 6.45) is 4.26. The standard InChI is InChI=1S/C21H22BrCl2N3O3S/c1-2-3-4-5-10-30-18-9-6-13(22)11-16(18)19(28)25-21(31)27-26-20(29)15-8-7-14(23)12-17(15)24/h6-9,11-12H,2-5,10H2,1H3,(H,26,29)(H2,25,27,28,31). The van der Waals surface area contributed by atoms with Crippen LogP contribution >= 0.6 is 51.3 Å². The van der Waals surface area contributed by atoms with Gasteiger partial charge in [0.2, 0.25) is 0 Å². The topological polar surface area (TPSA) is 79.5 Å². The molecule has 166 valence electrons. The first kappa shape index (κ1) is 25.4. The van der Waals surface area contributed by atoms with Gasteiger partial charge in [-0.05, 0) is 55.0 Å². The molecule has 0 fully saturated rings. The minimum absolute atomic E-state index is 0.0858. The monoisotopic (exact) mass is 545 g/mol. The van der Waals surface area contributed by atoms with E-state index in [1.807, 2.05) is 0 Å². The third-order valence-electron chi connectivity index (χ3n) is 4.13. The number of halogens is 3. The number of benzene rings is 2. The van der Waals surface area contributed by atoms with Crippen LogP contribution in [0.5, 0.6) is 5.75 Å². The van der Waals surface area contributed by atoms with E-state index in [0.29, 0.717) is 22.9 Å². The smallest absolute Gasteiger partial charge is 0.271 e. The molecule has 6 nitrogen and oxygen atoms in total. The maximum absolute atomic E-state index is 12.7. The van der Waals surface area contributed by atoms with E-state index in [1.165, 1.54) is 12.1 Å². The van der Waals surface area contributed by atoms with Crippen LogP contribution in [0, 0.1) is 0 Å². The number of nitrogens with one attached hydrogen (secondary N) is 3. The molecule has 2 amide bonds. The zero-order valence-electron chi connectivity index (χ0n) is 16.8. The summed E-state index contributed by atoms with van der Waals surface area (Å²) in [5.74, 6) is -0.546. The van der Waals surface area contributed by atoms with Gasteiger partial charge in [0.1, 0.15) is 5.75 Å². The van der Waals surface area contributed by atoms with Crippen LogP contribution in [-0.4, -0.2) is 23.5 Å². The molecule has 2 rings (SSSR count). The number of hydrogen-bond acceptors (Lipinski definition) is 4. The van der Waals surface area contributed by atoms with Crippen molar-refractivity contribution in [2.45, 2.75) is 32.6 Å². The van der Waals surface area contributed by atoms with Crippen LogP contribution in [0.25, 0.3) is 0 Å². The van der Waals surface area contributed by atoms with E-state index in [2.05, 4.69) is 39.0 Å². The Bertz CT molecular complexity index is 959. The molecule has 2 aromatic carbocycles. The maximum Gasteiger partial charge on any atom is 0.271 e. The summed E-state index contributed by atoms with van der Waals surface area (Å²) in [6, 6.07) is 9.64. The quantitative estimate of drug-likeness (QED) is 0.226. The van der Waals surface area contributed by atoms with Gasteiger partial charge in [0.05, 0.1) is 22.8 Å². The summed E-state index contributed by atoms with van der Waals surface area (Å²) >= 11 is 20.3. The first-order chi connectivity index (χ1) is 14.8. The second-order valence-corrected chi connectivity index (χ2v) is 8.70. The van der Waals surface area contributed by atoms with Crippen molar-refractivity contribution < 1.29 is 14.3 Å². The van der Waals surface area contributed by atoms with Gasteiger partial charge >= 0.3 is 0 Å². The third kappa shape index (κ3) is 8.29. The van der Waals surface area contributed by atoms with Crippen molar-refractivity contribution in [2.75, 3.05) is 6.61 Å². The SMILES string of the molecule is CCCCCCOc1ccc(Br)cc1C(=O)NC(=S)NNC(=O)c1ccc(Cl)cc1Cl. The Kier molecular flexibility index (Phi) is 10.5. The minimum Gasteiger partial charge on any atom is -0.493 e. The Balaban J connectivity index is 1.93. The van der Waals surface area contributed by atoms with Gasteiger partial charge in [-0.3, -0.25) is 25.8 Å². The molecule has 2 aromatic rings. The van der Waals surface area contributed by atoms with Gasteiger partial charge in [-0.2, -0.15) is 0 Å². The Labute approximate surface area is 205 Å². The highest BCUT2D eigenvalue weighted by Gasteiger charge is 2.16. The first-order valence-electron chi connectivity index (χ1n) is 9.61. The molecule has 3 N–H and O–H groups in total. The lowest BCUT2D eigenvalue weighted by Crippen LogP contribution is -2.48. The Morgan fingerprint density at radius 2 is 1.77 bits per heavy atom. The molecule has 0 heterocycles. The van der Waals surface area contributed by atoms with Crippen LogP contribution in [0.15, 0.2) is 40.9 Å². The number of rotatable bonds is 8. The summed E-state index contributed by atoms with van der Waals surface area (Å²) in [7, 11) is 0. The molecule has 0 saturated carbocycles. The number of carbonyl (C=O) groups excluding carboxylic acids is 2. The van der Waals surface area contributed by atoms with Crippen LogP contribution in [0.3, 0.4) is 0 Å². The number of carbonyl (C=O) groups is 2. The number of hydrogen-bond donors (Lipinski definition) is 3. The van der Waals surface area contributed by atoms with Gasteiger partial charge in [-0.15, -0.1) is 0 Å². The maximum atomic E-state index is 12.7. The number of hydrazine groups is 1. The summed E-state index contributed by atoms with van der Waals surface area (Å²) in [5.41, 5.74) is 5.39. The van der Waals surface area contributed by atoms with Crippen LogP contribution in [0.1, 0.15) is 53.3 Å². The summed E-state index contributed by atoms with van der Waals surface area (Å²) < 4.78 is 6.50. The lowest BCUT2D eigenvalue weighted by Gasteiger charge is -2.14. The van der Waals surface area contributed by atoms with Crippen molar-refractivity contribution >= 4 is 68.3 Å². The van der Waals surface area contributed by atoms with Crippen LogP contribution in [0.4, 0.5) is 0 Å². The molecule has 0 aromatic heterocycles. The van der Waals surface area contributed by atoms with Gasteiger partial charge in [0.25, 0.3) is 11.8 Å². The zero-order valence-corrected chi connectivity index (χ0v) is 20.7. The van der Waals surface area contributed by atoms with Crippen molar-refractivity contribution in [3.63, 3.8) is 0 Å². The van der Waals surface area contributed by atoms with Gasteiger partial charge in [0.15, 0.2) is 5.11 Å². The summed E-state index contributed by atoms with van der Waals surface area (Å²) in [4.78, 5) is 24.9. The molecule has 0 aliphatic carbocycles. The number of amides is 2. The highest BCUT2D eigenvalue weighted by Crippen LogP contribution is 2.24. The molecule has 31 heavy (non-hydrogen) atoms. The third-order valence-corrected chi connectivity index (χ3v) is 5.38. The van der Waals surface area contributed by atoms with Gasteiger partial charge in [0, 0.05) is 9.50 Å². The highest BCUT2D eigenvalue weighted by molar-refractivity contribution is 9.10. The highest BCUT2D eigenvalue weighted by atomic mass is 79.9. The van der Waals surface area contributed by atoms with Crippen molar-refractivity contribution in [1.29, 1.82) is 0 Å². The Hall–Kier alpha value is -1.87. The van der Waals surface area contributed by atoms with E-state index in [-0.39, 0.29) is 15.7 Å². The second kappa shape index (κ2) is 12.9. The van der Waals surface area contributed by atoms with E-state index < -0.39 is 11.8 Å². The zero-order chi connectivity index (χ0) is 22.8. The molecular weight excluding hydrogens is 525 g/mol. The number of thiocarbonyl (C=S) groups is 1. The minimum atomic E-state index is -0.531. The summed E-state index contributed by atoms with van der Waals surface area (Å²) in [6.45, 7) is 2.66. The molecule has 0 unspecified atom stereocenters. The largest absolute Gasteiger partial charge is 0.493 e. The van der Waals surface area contributed by atoms with Crippen molar-refractivity contribution in [1.82, 2.24) is 16.2 Å². The van der Waals surface area contributed by atoms with Crippen LogP contribution < -0.4 is 20.9 Å². The van der Waals surface area contributed by atoms with Gasteiger partial charge in [-0.25, -0.2) is 0 Å². The van der Waals surface area contributed by atoms with Crippen molar-refractivity contribution in [3.05, 3.63) is 62.0 Å². The fourth-order valence-corrected chi connectivity index (χ4v) is 3.57. The number of ether oxygens (including phenoxy) is 1. The molecule has 10 heteroatoms. The fraction of sp³-hybridized carbons (Fsp3) is 0.286. The average molecular weight is 547 g/mol. The lowest BCUT2D eigenvalue weighted by atomic mass is 10.2. The lowest BCUT2D eigenvalue weighted by molar-refractivity contribution is 0.0933. The molecule has 0 atom stereocenters. The van der Waals surface area contributed by atoms with E-state index >= 15 is 0 Å². The van der Waals surface area contributed by atoms with E-state index in [0.717, 1.165) is 30.2 Å². The predicted octanol–water partition coefficient (Wildman–Crippen LogP) is 5.66. The normalized spacial score (nSPS) is 10.3. The molecule has 0 aliphatic rings. The summed E-state index contributed by atoms with van der Waals surface area (Å²) in [5, 5.41) is 3.03. The average Bonchev–Trinajstić information content (AvgIpc) is 2.72. The van der Waals surface area contributed by atoms with E-state index in [9.17, 15) is 9.59 Å². The van der Waals surface area contributed by atoms with Gasteiger partial charge in [-0.1, -0.05) is 65.3 Å². The van der Waals surface area contributed by atoms with Crippen molar-refractivity contribution in [3.8, 4) is 5.75 Å². The van der Waals surface area contributed by atoms with Crippen LogP contribution in [0.2, 0.25) is 10.0 Å². The van der Waals surface area contributed by atoms with Gasteiger partial charge < -0.3 is 4.74 Å². The molecule has 0 bridgehead atoms. The van der Waals surface area contributed by atoms with E-state index in [4.69, 9.17) is 40.2 Å². The first-order valence-corrected chi connectivity index (χ1v) is 11.6. The number of unbranched alkanes of at least 4 members (excludes halogenated alkanes) is 3. The Morgan fingerprint density at radius 1 is 1.00 bits per heavy atom. The Morgan fingerprint density at radius 3 is 2.48 bits per heavy atom. The molecule has 0 aliphatic heterocycles. The fourth-order valence-electron chi connectivity index (χ4n) is 2.57. The molecular formula is C21H22BrCl2N3O3S. The van der Waals surface area contributed by atoms with Crippen LogP contribution in [-0.2, 0) is 0 Å². The molecule has 0 saturated heterocycles. The predicted molar refractivity (Wildman–Crippen MR) is 131 cm³/mol. The van der Waals surface area contributed by atoms with Crippen molar-refractivity contribution in [2.24, 2.45) is 0 Å². The second-order valence-electron chi connectivity index (χ2n) is 6.54. The van der Waals surface area contributed by atoms with E-state index in [1.54, 1.807) is 24.3 Å². The molecule has 0 radical (unpaired) electrons.